The van der Waals surface area contributed by atoms with Crippen LogP contribution in [0.25, 0.3) is 4.90 Å². The highest BCUT2D eigenvalue weighted by Crippen LogP contribution is 2.39. The third-order valence-corrected chi connectivity index (χ3v) is 7.94. The fourth-order valence-corrected chi connectivity index (χ4v) is 6.15. The van der Waals surface area contributed by atoms with Gasteiger partial charge in [0.15, 0.2) is 17.1 Å². The van der Waals surface area contributed by atoms with E-state index in [1.165, 1.54) is 0 Å². The second-order valence-corrected chi connectivity index (χ2v) is 10.5. The third kappa shape index (κ3) is 5.53. The highest BCUT2D eigenvalue weighted by molar-refractivity contribution is 7.38. The molecular weight excluding hydrogens is 440 g/mol. The van der Waals surface area contributed by atoms with Crippen molar-refractivity contribution < 1.29 is 14.3 Å². The Morgan fingerprint density at radius 2 is 1.74 bits per heavy atom. The predicted octanol–water partition coefficient (Wildman–Crippen LogP) is 6.70. The molecule has 1 atom stereocenters. The molecule has 1 fully saturated rings. The highest BCUT2D eigenvalue weighted by atomic mass is 32.2. The Hall–Kier alpha value is -3.47. The van der Waals surface area contributed by atoms with E-state index in [1.807, 2.05) is 56.3 Å². The first-order chi connectivity index (χ1) is 16.5. The van der Waals surface area contributed by atoms with E-state index in [-0.39, 0.29) is 23.0 Å². The minimum atomic E-state index is -0.740. The summed E-state index contributed by atoms with van der Waals surface area (Å²) in [7, 11) is -0.217. The number of benzene rings is 2. The molecule has 172 valence electrons. The van der Waals surface area contributed by atoms with E-state index < -0.39 is 5.60 Å². The Balaban J connectivity index is 1.46. The van der Waals surface area contributed by atoms with Crippen LogP contribution in [0.2, 0.25) is 0 Å². The van der Waals surface area contributed by atoms with E-state index in [1.54, 1.807) is 0 Å². The van der Waals surface area contributed by atoms with E-state index in [9.17, 15) is 4.79 Å². The molecule has 4 rings (SSSR count). The van der Waals surface area contributed by atoms with Gasteiger partial charge in [-0.15, -0.1) is 6.42 Å². The maximum atomic E-state index is 12.8. The number of hydrogen-bond donors (Lipinski definition) is 0. The normalized spacial score (nSPS) is 14.9. The van der Waals surface area contributed by atoms with E-state index in [2.05, 4.69) is 35.3 Å². The van der Waals surface area contributed by atoms with E-state index in [0.29, 0.717) is 5.75 Å². The number of carbonyl (C=O) groups excluding carboxylic acids is 1. The molecule has 3 aromatic rings. The molecule has 1 aliphatic rings. The fraction of sp³-hybridized carbons (Fsp3) is 0.300. The monoisotopic (exact) mass is 469 g/mol. The number of aryl methyl sites for hydroxylation is 2. The maximum absolute atomic E-state index is 12.8. The van der Waals surface area contributed by atoms with Gasteiger partial charge in [-0.05, 0) is 80.7 Å². The first-order valence-electron chi connectivity index (χ1n) is 11.6. The molecule has 1 aromatic heterocycles. The van der Waals surface area contributed by atoms with E-state index >= 15 is 0 Å². The Labute approximate surface area is 205 Å². The van der Waals surface area contributed by atoms with Crippen molar-refractivity contribution in [2.45, 2.75) is 51.6 Å². The van der Waals surface area contributed by atoms with Crippen molar-refractivity contribution in [3.05, 3.63) is 81.5 Å². The lowest BCUT2D eigenvalue weighted by molar-refractivity contribution is -0.159. The zero-order valence-electron chi connectivity index (χ0n) is 19.7. The summed E-state index contributed by atoms with van der Waals surface area (Å²) in [5.41, 5.74) is 2.13. The maximum Gasteiger partial charge on any atom is 0.345 e. The van der Waals surface area contributed by atoms with Gasteiger partial charge >= 0.3 is 5.97 Å². The summed E-state index contributed by atoms with van der Waals surface area (Å²) in [5, 5.41) is 2.13. The van der Waals surface area contributed by atoms with Crippen molar-refractivity contribution in [3.63, 3.8) is 0 Å². The van der Waals surface area contributed by atoms with Crippen molar-refractivity contribution in [1.82, 2.24) is 0 Å². The van der Waals surface area contributed by atoms with Gasteiger partial charge in [0.25, 0.3) is 0 Å². The molecule has 1 aliphatic carbocycles. The summed E-state index contributed by atoms with van der Waals surface area (Å²) in [6.45, 7) is 3.85. The number of esters is 1. The molecule has 1 saturated carbocycles. The molecule has 34 heavy (non-hydrogen) atoms. The SMILES string of the molecule is C#Cc1ccc[s+]1-c1cc(C)c(OCC(=O)OC2(C#Cc3ccccc3)CCCCC2)c(C)c1. The molecule has 3 nitrogen and oxygen atoms in total. The van der Waals surface area contributed by atoms with Gasteiger partial charge in [-0.3, -0.25) is 0 Å². The van der Waals surface area contributed by atoms with Gasteiger partial charge in [0, 0.05) is 34.2 Å². The van der Waals surface area contributed by atoms with Crippen molar-refractivity contribution >= 4 is 16.4 Å². The average Bonchev–Trinajstić information content (AvgIpc) is 3.32. The molecule has 4 heteroatoms. The van der Waals surface area contributed by atoms with E-state index in [4.69, 9.17) is 15.9 Å². The van der Waals surface area contributed by atoms with Crippen molar-refractivity contribution in [3.8, 4) is 34.8 Å². The van der Waals surface area contributed by atoms with Crippen molar-refractivity contribution in [1.29, 1.82) is 0 Å². The molecular formula is C30H29O3S+. The number of hydrogen-bond acceptors (Lipinski definition) is 3. The summed E-state index contributed by atoms with van der Waals surface area (Å²) in [4.78, 5) is 15.0. The van der Waals surface area contributed by atoms with Crippen LogP contribution in [0.4, 0.5) is 0 Å². The van der Waals surface area contributed by atoms with Gasteiger partial charge in [0.1, 0.15) is 11.1 Å². The van der Waals surface area contributed by atoms with Gasteiger partial charge in [-0.1, -0.05) is 30.5 Å². The molecule has 0 spiro atoms. The van der Waals surface area contributed by atoms with Crippen LogP contribution in [0.15, 0.2) is 60.0 Å². The van der Waals surface area contributed by atoms with Crippen LogP contribution >= 0.6 is 10.5 Å². The summed E-state index contributed by atoms with van der Waals surface area (Å²) in [6, 6.07) is 18.0. The molecule has 2 aromatic carbocycles. The zero-order valence-corrected chi connectivity index (χ0v) is 20.5. The van der Waals surface area contributed by atoms with Crippen LogP contribution in [0.1, 0.15) is 53.7 Å². The molecule has 0 radical (unpaired) electrons. The highest BCUT2D eigenvalue weighted by Gasteiger charge is 2.34. The molecule has 0 N–H and O–H groups in total. The van der Waals surface area contributed by atoms with Crippen molar-refractivity contribution in [2.75, 3.05) is 6.61 Å². The molecule has 1 unspecified atom stereocenters. The topological polar surface area (TPSA) is 35.5 Å². The van der Waals surface area contributed by atoms with Crippen molar-refractivity contribution in [2.24, 2.45) is 0 Å². The van der Waals surface area contributed by atoms with Crippen LogP contribution in [0, 0.1) is 38.0 Å². The summed E-state index contributed by atoms with van der Waals surface area (Å²) < 4.78 is 11.9. The van der Waals surface area contributed by atoms with Crippen LogP contribution < -0.4 is 4.74 Å². The Kier molecular flexibility index (Phi) is 7.41. The fourth-order valence-electron chi connectivity index (χ4n) is 4.40. The minimum absolute atomic E-state index is 0.142. The summed E-state index contributed by atoms with van der Waals surface area (Å²) >= 11 is 0. The number of rotatable bonds is 5. The van der Waals surface area contributed by atoms with E-state index in [0.717, 1.165) is 58.6 Å². The van der Waals surface area contributed by atoms with Gasteiger partial charge in [-0.25, -0.2) is 4.79 Å². The van der Waals surface area contributed by atoms with Gasteiger partial charge < -0.3 is 9.47 Å². The van der Waals surface area contributed by atoms with Crippen LogP contribution in [0.5, 0.6) is 5.75 Å². The summed E-state index contributed by atoms with van der Waals surface area (Å²) in [6.07, 6.45) is 10.3. The second-order valence-electron chi connectivity index (χ2n) is 8.66. The minimum Gasteiger partial charge on any atom is -0.481 e. The van der Waals surface area contributed by atoms with Crippen LogP contribution in [0.3, 0.4) is 0 Å². The number of thiophene rings is 1. The van der Waals surface area contributed by atoms with Crippen LogP contribution in [-0.2, 0) is 9.53 Å². The lowest BCUT2D eigenvalue weighted by atomic mass is 9.85. The first-order valence-corrected chi connectivity index (χ1v) is 12.9. The molecule has 0 aliphatic heterocycles. The predicted molar refractivity (Wildman–Crippen MR) is 138 cm³/mol. The average molecular weight is 470 g/mol. The summed E-state index contributed by atoms with van der Waals surface area (Å²) in [5.74, 6) is 9.59. The Morgan fingerprint density at radius 1 is 1.03 bits per heavy atom. The largest absolute Gasteiger partial charge is 0.481 e. The molecule has 1 heterocycles. The number of carbonyl (C=O) groups is 1. The Morgan fingerprint density at radius 3 is 2.41 bits per heavy atom. The molecule has 0 amide bonds. The first kappa shape index (κ1) is 23.7. The van der Waals surface area contributed by atoms with Gasteiger partial charge in [0.2, 0.25) is 4.88 Å². The number of ether oxygens (including phenoxy) is 2. The zero-order chi connectivity index (χ0) is 24.0. The lowest BCUT2D eigenvalue weighted by Gasteiger charge is -2.32. The third-order valence-electron chi connectivity index (χ3n) is 6.04. The number of terminal acetylenes is 1. The second kappa shape index (κ2) is 10.6. The smallest absolute Gasteiger partial charge is 0.345 e. The van der Waals surface area contributed by atoms with Gasteiger partial charge in [0.05, 0.1) is 0 Å². The standard InChI is InChI=1S/C30H29O3S/c1-4-26-14-11-19-34(26)27-20-23(2)29(24(3)21-27)32-22-28(31)33-30(16-9-6-10-17-30)18-15-25-12-7-5-8-13-25/h1,5,7-8,11-14,19-21H,6,9-10,16-17,22H2,2-3H3/q+1. The molecule has 0 saturated heterocycles. The quantitative estimate of drug-likeness (QED) is 0.237. The van der Waals surface area contributed by atoms with Gasteiger partial charge in [-0.2, -0.15) is 0 Å². The lowest BCUT2D eigenvalue weighted by Crippen LogP contribution is -2.37. The van der Waals surface area contributed by atoms with Crippen LogP contribution in [-0.4, -0.2) is 18.2 Å². The molecule has 0 bridgehead atoms. The Bertz CT molecular complexity index is 1240.